The van der Waals surface area contributed by atoms with Gasteiger partial charge in [0.05, 0.1) is 16.3 Å². The summed E-state index contributed by atoms with van der Waals surface area (Å²) in [7, 11) is 0. The first-order chi connectivity index (χ1) is 12.7. The van der Waals surface area contributed by atoms with Gasteiger partial charge in [-0.25, -0.2) is 4.79 Å². The molecule has 1 aliphatic rings. The summed E-state index contributed by atoms with van der Waals surface area (Å²) in [5.41, 5.74) is 2.59. The number of thiocarbonyl (C=S) groups is 1. The zero-order chi connectivity index (χ0) is 19.9. The number of aryl methyl sites for hydroxylation is 1. The minimum Gasteiger partial charge on any atom is -0.478 e. The Labute approximate surface area is 164 Å². The summed E-state index contributed by atoms with van der Waals surface area (Å²) in [4.78, 5) is 35.4. The topological polar surface area (TPSA) is 100 Å². The lowest BCUT2D eigenvalue weighted by molar-refractivity contribution is -0.123. The van der Waals surface area contributed by atoms with Gasteiger partial charge in [-0.05, 0) is 62.0 Å². The van der Waals surface area contributed by atoms with Crippen LogP contribution in [0.2, 0.25) is 5.02 Å². The average Bonchev–Trinajstić information content (AvgIpc) is 2.85. The lowest BCUT2D eigenvalue weighted by Crippen LogP contribution is -2.51. The van der Waals surface area contributed by atoms with Crippen LogP contribution in [0.4, 0.5) is 0 Å². The summed E-state index contributed by atoms with van der Waals surface area (Å²) in [6.07, 6.45) is 1.46. The van der Waals surface area contributed by atoms with Gasteiger partial charge in [0.15, 0.2) is 5.11 Å². The molecule has 1 fully saturated rings. The number of benzene rings is 1. The van der Waals surface area contributed by atoms with E-state index in [1.807, 2.05) is 6.92 Å². The van der Waals surface area contributed by atoms with Crippen molar-refractivity contribution in [3.05, 3.63) is 57.4 Å². The highest BCUT2D eigenvalue weighted by Crippen LogP contribution is 2.28. The molecule has 2 amide bonds. The van der Waals surface area contributed by atoms with E-state index in [1.165, 1.54) is 24.3 Å². The summed E-state index contributed by atoms with van der Waals surface area (Å²) in [5.74, 6) is -2.23. The van der Waals surface area contributed by atoms with Crippen molar-refractivity contribution in [1.82, 2.24) is 15.2 Å². The van der Waals surface area contributed by atoms with Gasteiger partial charge < -0.3 is 9.67 Å². The number of carbonyl (C=O) groups is 3. The highest BCUT2D eigenvalue weighted by Gasteiger charge is 2.26. The van der Waals surface area contributed by atoms with E-state index in [0.717, 1.165) is 5.69 Å². The Balaban J connectivity index is 2.12. The lowest BCUT2D eigenvalue weighted by Gasteiger charge is -2.16. The van der Waals surface area contributed by atoms with Gasteiger partial charge in [-0.1, -0.05) is 11.6 Å². The van der Waals surface area contributed by atoms with Gasteiger partial charge in [0.25, 0.3) is 11.8 Å². The smallest absolute Gasteiger partial charge is 0.335 e. The molecule has 0 unspecified atom stereocenters. The molecule has 2 heterocycles. The Morgan fingerprint density at radius 2 is 1.81 bits per heavy atom. The van der Waals surface area contributed by atoms with Crippen molar-refractivity contribution in [3.63, 3.8) is 0 Å². The van der Waals surface area contributed by atoms with Crippen LogP contribution >= 0.6 is 23.8 Å². The van der Waals surface area contributed by atoms with E-state index >= 15 is 0 Å². The molecule has 0 radical (unpaired) electrons. The van der Waals surface area contributed by atoms with E-state index in [2.05, 4.69) is 10.6 Å². The molecule has 2 aromatic rings. The fraction of sp³-hybridized carbons (Fsp3) is 0.111. The van der Waals surface area contributed by atoms with E-state index in [0.29, 0.717) is 22.0 Å². The molecule has 7 nitrogen and oxygen atoms in total. The number of carbonyl (C=O) groups excluding carboxylic acids is 2. The number of carboxylic acids is 1. The highest BCUT2D eigenvalue weighted by atomic mass is 35.5. The van der Waals surface area contributed by atoms with E-state index < -0.39 is 17.8 Å². The van der Waals surface area contributed by atoms with Gasteiger partial charge >= 0.3 is 5.97 Å². The first-order valence-corrected chi connectivity index (χ1v) is 8.58. The SMILES string of the molecule is Cc1cc(C=C2C(=O)NC(=S)NC2=O)c(C)n1-c1cc(C(=O)O)ccc1Cl. The molecule has 27 heavy (non-hydrogen) atoms. The summed E-state index contributed by atoms with van der Waals surface area (Å²) in [6.45, 7) is 3.60. The molecule has 0 spiro atoms. The van der Waals surface area contributed by atoms with Gasteiger partial charge in [0, 0.05) is 11.4 Å². The van der Waals surface area contributed by atoms with Crippen LogP contribution in [0.25, 0.3) is 11.8 Å². The zero-order valence-electron chi connectivity index (χ0n) is 14.3. The van der Waals surface area contributed by atoms with Crippen molar-refractivity contribution in [2.24, 2.45) is 0 Å². The second kappa shape index (κ2) is 6.98. The molecule has 0 atom stereocenters. The number of halogens is 1. The number of aromatic carboxylic acids is 1. The standard InChI is InChI=1S/C18H14ClN3O4S/c1-8-5-11(6-12-15(23)20-18(27)21-16(12)24)9(2)22(8)14-7-10(17(25)26)3-4-13(14)19/h3-7H,1-2H3,(H,25,26)(H2,20,21,23,24,27). The maximum atomic E-state index is 12.0. The summed E-state index contributed by atoms with van der Waals surface area (Å²) in [5, 5.41) is 14.3. The molecule has 1 aromatic heterocycles. The van der Waals surface area contributed by atoms with E-state index in [1.54, 1.807) is 17.6 Å². The molecule has 138 valence electrons. The Bertz CT molecular complexity index is 1030. The van der Waals surface area contributed by atoms with Gasteiger partial charge in [-0.3, -0.25) is 20.2 Å². The number of aromatic nitrogens is 1. The van der Waals surface area contributed by atoms with Crippen LogP contribution in [0, 0.1) is 13.8 Å². The normalized spacial score (nSPS) is 14.0. The van der Waals surface area contributed by atoms with Crippen LogP contribution in [0.5, 0.6) is 0 Å². The summed E-state index contributed by atoms with van der Waals surface area (Å²) in [6, 6.07) is 6.19. The van der Waals surface area contributed by atoms with Gasteiger partial charge in [-0.2, -0.15) is 0 Å². The van der Waals surface area contributed by atoms with Crippen LogP contribution < -0.4 is 10.6 Å². The molecular formula is C18H14ClN3O4S. The van der Waals surface area contributed by atoms with Gasteiger partial charge in [0.1, 0.15) is 5.57 Å². The third-order valence-electron chi connectivity index (χ3n) is 4.15. The fourth-order valence-electron chi connectivity index (χ4n) is 2.88. The van der Waals surface area contributed by atoms with Crippen LogP contribution in [0.1, 0.15) is 27.3 Å². The Kier molecular flexibility index (Phi) is 4.86. The number of hydrogen-bond donors (Lipinski definition) is 3. The molecule has 0 aliphatic carbocycles. The van der Waals surface area contributed by atoms with Crippen molar-refractivity contribution in [2.45, 2.75) is 13.8 Å². The van der Waals surface area contributed by atoms with Crippen molar-refractivity contribution >= 4 is 52.8 Å². The van der Waals surface area contributed by atoms with Crippen molar-refractivity contribution < 1.29 is 19.5 Å². The lowest BCUT2D eigenvalue weighted by atomic mass is 10.1. The first-order valence-electron chi connectivity index (χ1n) is 7.79. The second-order valence-electron chi connectivity index (χ2n) is 5.93. The number of carboxylic acid groups (broad SMARTS) is 1. The Morgan fingerprint density at radius 1 is 1.19 bits per heavy atom. The third-order valence-corrected chi connectivity index (χ3v) is 4.67. The van der Waals surface area contributed by atoms with Gasteiger partial charge in [-0.15, -0.1) is 0 Å². The Morgan fingerprint density at radius 3 is 2.41 bits per heavy atom. The number of nitrogens with zero attached hydrogens (tertiary/aromatic N) is 1. The number of amides is 2. The number of hydrogen-bond acceptors (Lipinski definition) is 4. The van der Waals surface area contributed by atoms with Crippen LogP contribution in [0.3, 0.4) is 0 Å². The van der Waals surface area contributed by atoms with Crippen LogP contribution in [0.15, 0.2) is 29.8 Å². The zero-order valence-corrected chi connectivity index (χ0v) is 15.9. The number of rotatable bonds is 3. The molecule has 3 rings (SSSR count). The first kappa shape index (κ1) is 18.8. The monoisotopic (exact) mass is 403 g/mol. The highest BCUT2D eigenvalue weighted by molar-refractivity contribution is 7.80. The molecular weight excluding hydrogens is 390 g/mol. The van der Waals surface area contributed by atoms with Gasteiger partial charge in [0.2, 0.25) is 0 Å². The number of nitrogens with one attached hydrogen (secondary N) is 2. The van der Waals surface area contributed by atoms with Crippen molar-refractivity contribution in [1.29, 1.82) is 0 Å². The van der Waals surface area contributed by atoms with E-state index in [9.17, 15) is 19.5 Å². The van der Waals surface area contributed by atoms with Crippen molar-refractivity contribution in [2.75, 3.05) is 0 Å². The molecule has 0 saturated carbocycles. The van der Waals surface area contributed by atoms with Crippen LogP contribution in [-0.4, -0.2) is 32.6 Å². The predicted molar refractivity (Wildman–Crippen MR) is 104 cm³/mol. The van der Waals surface area contributed by atoms with Crippen molar-refractivity contribution in [3.8, 4) is 5.69 Å². The second-order valence-corrected chi connectivity index (χ2v) is 6.74. The molecule has 1 aliphatic heterocycles. The summed E-state index contributed by atoms with van der Waals surface area (Å²) >= 11 is 11.1. The van der Waals surface area contributed by atoms with Crippen LogP contribution in [-0.2, 0) is 9.59 Å². The fourth-order valence-corrected chi connectivity index (χ4v) is 3.27. The molecule has 3 N–H and O–H groups in total. The minimum atomic E-state index is -1.07. The van der Waals surface area contributed by atoms with E-state index in [-0.39, 0.29) is 16.2 Å². The maximum Gasteiger partial charge on any atom is 0.335 e. The quantitative estimate of drug-likeness (QED) is 0.415. The minimum absolute atomic E-state index is 0.0371. The largest absolute Gasteiger partial charge is 0.478 e. The predicted octanol–water partition coefficient (Wildman–Crippen LogP) is 2.36. The molecule has 0 bridgehead atoms. The molecule has 9 heteroatoms. The molecule has 1 aromatic carbocycles. The third kappa shape index (κ3) is 3.49. The average molecular weight is 404 g/mol. The maximum absolute atomic E-state index is 12.0. The summed E-state index contributed by atoms with van der Waals surface area (Å²) < 4.78 is 1.77. The Hall–Kier alpha value is -2.97. The van der Waals surface area contributed by atoms with E-state index in [4.69, 9.17) is 23.8 Å². The molecule has 1 saturated heterocycles.